The number of benzene rings is 2. The van der Waals surface area contributed by atoms with E-state index >= 15 is 0 Å². The summed E-state index contributed by atoms with van der Waals surface area (Å²) in [5.41, 5.74) is 1.97. The third kappa shape index (κ3) is 3.32. The number of aliphatic hydroxyl groups is 1. The van der Waals surface area contributed by atoms with Crippen LogP contribution in [-0.2, 0) is 23.4 Å². The van der Waals surface area contributed by atoms with Gasteiger partial charge in [-0.3, -0.25) is 4.79 Å². The fraction of sp³-hybridized carbons (Fsp3) is 0.300. The Bertz CT molecular complexity index is 767. The average molecular weight is 320 g/mol. The van der Waals surface area contributed by atoms with Crippen LogP contribution in [0.3, 0.4) is 0 Å². The maximum absolute atomic E-state index is 12.4. The highest BCUT2D eigenvalue weighted by Gasteiger charge is 2.38. The number of rotatable bonds is 5. The van der Waals surface area contributed by atoms with E-state index in [1.165, 1.54) is 0 Å². The van der Waals surface area contributed by atoms with Gasteiger partial charge in [0.1, 0.15) is 12.0 Å². The van der Waals surface area contributed by atoms with Gasteiger partial charge in [-0.2, -0.15) is 5.26 Å². The monoisotopic (exact) mass is 320 g/mol. The quantitative estimate of drug-likeness (QED) is 0.921. The number of hydrogen-bond acceptors (Lipinski definition) is 3. The maximum Gasteiger partial charge on any atom is 0.237 e. The zero-order valence-corrected chi connectivity index (χ0v) is 13.5. The minimum absolute atomic E-state index is 0.176. The molecular weight excluding hydrogens is 300 g/mol. The lowest BCUT2D eigenvalue weighted by Crippen LogP contribution is -2.42. The first-order chi connectivity index (χ1) is 11.6. The highest BCUT2D eigenvalue weighted by Crippen LogP contribution is 2.37. The lowest BCUT2D eigenvalue weighted by molar-refractivity contribution is -0.135. The summed E-state index contributed by atoms with van der Waals surface area (Å²) >= 11 is 0. The predicted octanol–water partition coefficient (Wildman–Crippen LogP) is 2.76. The van der Waals surface area contributed by atoms with Crippen LogP contribution in [0.15, 0.2) is 54.6 Å². The van der Waals surface area contributed by atoms with Gasteiger partial charge in [0.15, 0.2) is 0 Å². The van der Waals surface area contributed by atoms with Crippen molar-refractivity contribution < 1.29 is 9.90 Å². The molecule has 0 bridgehead atoms. The summed E-state index contributed by atoms with van der Waals surface area (Å²) in [4.78, 5) is 14.0. The number of hydrogen-bond donors (Lipinski definition) is 1. The van der Waals surface area contributed by atoms with Crippen LogP contribution >= 0.6 is 0 Å². The number of carbonyl (C=O) groups is 1. The molecule has 0 saturated heterocycles. The Labute approximate surface area is 142 Å². The first kappa shape index (κ1) is 16.2. The summed E-state index contributed by atoms with van der Waals surface area (Å²) in [5.74, 6) is -0.251. The minimum Gasteiger partial charge on any atom is -0.383 e. The summed E-state index contributed by atoms with van der Waals surface area (Å²) in [6.07, 6.45) is 1.22. The first-order valence-electron chi connectivity index (χ1n) is 8.12. The Morgan fingerprint density at radius 1 is 1.17 bits per heavy atom. The molecule has 0 heterocycles. The minimum atomic E-state index is -1.05. The largest absolute Gasteiger partial charge is 0.383 e. The number of aryl methyl sites for hydroxylation is 1. The van der Waals surface area contributed by atoms with E-state index in [9.17, 15) is 9.90 Å². The van der Waals surface area contributed by atoms with Gasteiger partial charge in [-0.1, -0.05) is 54.6 Å². The van der Waals surface area contributed by atoms with Gasteiger partial charge in [0, 0.05) is 6.54 Å². The van der Waals surface area contributed by atoms with Crippen LogP contribution in [0.25, 0.3) is 0 Å². The lowest BCUT2D eigenvalue weighted by atomic mass is 9.95. The number of amides is 1. The van der Waals surface area contributed by atoms with Gasteiger partial charge in [-0.15, -0.1) is 0 Å². The molecule has 2 aromatic carbocycles. The number of fused-ring (bicyclic) bond motifs is 1. The summed E-state index contributed by atoms with van der Waals surface area (Å²) in [5, 5.41) is 20.0. The zero-order valence-electron chi connectivity index (χ0n) is 13.5. The molecule has 0 spiro atoms. The van der Waals surface area contributed by atoms with Crippen LogP contribution in [-0.4, -0.2) is 22.5 Å². The Kier molecular flexibility index (Phi) is 4.64. The van der Waals surface area contributed by atoms with E-state index in [1.807, 2.05) is 60.7 Å². The maximum atomic E-state index is 12.4. The molecule has 0 unspecified atom stereocenters. The third-order valence-electron chi connectivity index (χ3n) is 4.58. The highest BCUT2D eigenvalue weighted by molar-refractivity contribution is 5.78. The van der Waals surface area contributed by atoms with Crippen molar-refractivity contribution in [2.45, 2.75) is 31.4 Å². The second kappa shape index (κ2) is 6.86. The molecule has 1 atom stereocenters. The molecule has 1 aliphatic carbocycles. The number of nitriles is 1. The van der Waals surface area contributed by atoms with Gasteiger partial charge >= 0.3 is 0 Å². The van der Waals surface area contributed by atoms with Crippen molar-refractivity contribution in [2.75, 3.05) is 6.54 Å². The van der Waals surface area contributed by atoms with Crippen molar-refractivity contribution in [3.8, 4) is 6.07 Å². The van der Waals surface area contributed by atoms with Crippen LogP contribution in [0.1, 0.15) is 29.5 Å². The van der Waals surface area contributed by atoms with Gasteiger partial charge in [-0.05, 0) is 29.5 Å². The Morgan fingerprint density at radius 2 is 1.88 bits per heavy atom. The predicted molar refractivity (Wildman–Crippen MR) is 90.7 cm³/mol. The van der Waals surface area contributed by atoms with Crippen molar-refractivity contribution in [3.63, 3.8) is 0 Å². The van der Waals surface area contributed by atoms with Crippen molar-refractivity contribution in [3.05, 3.63) is 71.3 Å². The topological polar surface area (TPSA) is 64.3 Å². The van der Waals surface area contributed by atoms with Gasteiger partial charge in [-0.25, -0.2) is 0 Å². The average Bonchev–Trinajstić information content (AvgIpc) is 2.93. The van der Waals surface area contributed by atoms with Crippen molar-refractivity contribution in [1.29, 1.82) is 5.26 Å². The molecule has 2 aromatic rings. The Morgan fingerprint density at radius 3 is 2.62 bits per heavy atom. The zero-order chi connectivity index (χ0) is 17.0. The molecule has 1 N–H and O–H groups in total. The standard InChI is InChI=1S/C20H20N2O2/c21-13-11-19(23)22(14-16-6-2-1-3-7-16)15-20(24)12-10-17-8-4-5-9-18(17)20/h1-9,24H,10-12,14-15H2/t20-/m1/s1. The molecule has 0 saturated carbocycles. The first-order valence-corrected chi connectivity index (χ1v) is 8.12. The van der Waals surface area contributed by atoms with Crippen LogP contribution in [0.5, 0.6) is 0 Å². The smallest absolute Gasteiger partial charge is 0.237 e. The molecule has 4 heteroatoms. The summed E-state index contributed by atoms with van der Waals surface area (Å²) < 4.78 is 0. The lowest BCUT2D eigenvalue weighted by Gasteiger charge is -2.32. The van der Waals surface area contributed by atoms with E-state index in [2.05, 4.69) is 0 Å². The number of nitrogens with zero attached hydrogens (tertiary/aromatic N) is 2. The summed E-state index contributed by atoms with van der Waals surface area (Å²) in [7, 11) is 0. The Hall–Kier alpha value is -2.64. The van der Waals surface area contributed by atoms with E-state index in [0.29, 0.717) is 13.0 Å². The van der Waals surface area contributed by atoms with Crippen LogP contribution in [0, 0.1) is 11.3 Å². The molecule has 0 aliphatic heterocycles. The van der Waals surface area contributed by atoms with E-state index < -0.39 is 5.60 Å². The van der Waals surface area contributed by atoms with Crippen LogP contribution in [0.4, 0.5) is 0 Å². The molecule has 122 valence electrons. The molecule has 0 fully saturated rings. The van der Waals surface area contributed by atoms with Gasteiger partial charge in [0.25, 0.3) is 0 Å². The molecule has 1 amide bonds. The SMILES string of the molecule is N#CCC(=O)N(Cc1ccccc1)C[C@]1(O)CCc2ccccc21. The van der Waals surface area contributed by atoms with E-state index in [4.69, 9.17) is 5.26 Å². The molecule has 4 nitrogen and oxygen atoms in total. The molecule has 3 rings (SSSR count). The molecule has 0 aromatic heterocycles. The van der Waals surface area contributed by atoms with Crippen molar-refractivity contribution in [1.82, 2.24) is 4.90 Å². The van der Waals surface area contributed by atoms with Crippen molar-refractivity contribution in [2.24, 2.45) is 0 Å². The second-order valence-corrected chi connectivity index (χ2v) is 6.26. The van der Waals surface area contributed by atoms with Crippen LogP contribution < -0.4 is 0 Å². The van der Waals surface area contributed by atoms with Gasteiger partial charge in [0.2, 0.25) is 5.91 Å². The molecule has 1 aliphatic rings. The molecule has 0 radical (unpaired) electrons. The second-order valence-electron chi connectivity index (χ2n) is 6.26. The van der Waals surface area contributed by atoms with Crippen molar-refractivity contribution >= 4 is 5.91 Å². The highest BCUT2D eigenvalue weighted by atomic mass is 16.3. The van der Waals surface area contributed by atoms with E-state index in [-0.39, 0.29) is 18.9 Å². The normalized spacial score (nSPS) is 18.7. The molecule has 24 heavy (non-hydrogen) atoms. The number of carbonyl (C=O) groups excluding carboxylic acids is 1. The fourth-order valence-corrected chi connectivity index (χ4v) is 3.36. The van der Waals surface area contributed by atoms with Crippen LogP contribution in [0.2, 0.25) is 0 Å². The fourth-order valence-electron chi connectivity index (χ4n) is 3.36. The third-order valence-corrected chi connectivity index (χ3v) is 4.58. The van der Waals surface area contributed by atoms with E-state index in [1.54, 1.807) is 4.90 Å². The Balaban J connectivity index is 1.84. The molecular formula is C20H20N2O2. The van der Waals surface area contributed by atoms with Gasteiger partial charge < -0.3 is 10.0 Å². The van der Waals surface area contributed by atoms with E-state index in [0.717, 1.165) is 23.1 Å². The van der Waals surface area contributed by atoms with Gasteiger partial charge in [0.05, 0.1) is 12.6 Å². The summed E-state index contributed by atoms with van der Waals surface area (Å²) in [6, 6.07) is 19.4. The summed E-state index contributed by atoms with van der Waals surface area (Å²) in [6.45, 7) is 0.602.